The second kappa shape index (κ2) is 10.2. The van der Waals surface area contributed by atoms with Crippen LogP contribution < -0.4 is 5.73 Å². The van der Waals surface area contributed by atoms with Crippen LogP contribution in [0.1, 0.15) is 29.3 Å². The van der Waals surface area contributed by atoms with Gasteiger partial charge in [0, 0.05) is 35.3 Å². The number of nitrogen functional groups attached to an aromatic ring is 1. The Morgan fingerprint density at radius 1 is 0.889 bits per heavy atom. The molecule has 5 aromatic rings. The van der Waals surface area contributed by atoms with Gasteiger partial charge in [-0.05, 0) is 43.1 Å². The van der Waals surface area contributed by atoms with E-state index in [1.807, 2.05) is 29.9 Å². The Labute approximate surface area is 217 Å². The summed E-state index contributed by atoms with van der Waals surface area (Å²) in [6.07, 6.45) is 4.15. The SMILES string of the molecule is Nc1nnc(-c2cnc(-c3ccc(CN4CCC(c5nncs5)CC4)cc3)c(-c3ccccc3)c2)s1. The first-order valence-electron chi connectivity index (χ1n) is 12.0. The number of benzene rings is 2. The minimum Gasteiger partial charge on any atom is -0.374 e. The molecule has 0 atom stereocenters. The predicted octanol–water partition coefficient (Wildman–Crippen LogP) is 5.75. The average Bonchev–Trinajstić information content (AvgIpc) is 3.62. The fraction of sp³-hybridized carbons (Fsp3) is 0.222. The number of hydrogen-bond donors (Lipinski definition) is 1. The maximum Gasteiger partial charge on any atom is 0.203 e. The van der Waals surface area contributed by atoms with Gasteiger partial charge in [0.25, 0.3) is 0 Å². The van der Waals surface area contributed by atoms with Crippen LogP contribution in [0.2, 0.25) is 0 Å². The molecule has 0 radical (unpaired) electrons. The number of pyridine rings is 1. The van der Waals surface area contributed by atoms with Crippen molar-refractivity contribution in [2.45, 2.75) is 25.3 Å². The molecule has 0 saturated carbocycles. The number of rotatable bonds is 6. The van der Waals surface area contributed by atoms with Crippen LogP contribution in [0.3, 0.4) is 0 Å². The zero-order chi connectivity index (χ0) is 24.3. The van der Waals surface area contributed by atoms with Crippen molar-refractivity contribution >= 4 is 27.8 Å². The van der Waals surface area contributed by atoms with E-state index < -0.39 is 0 Å². The lowest BCUT2D eigenvalue weighted by atomic mass is 9.96. The van der Waals surface area contributed by atoms with Gasteiger partial charge in [-0.3, -0.25) is 9.88 Å². The summed E-state index contributed by atoms with van der Waals surface area (Å²) >= 11 is 3.04. The third-order valence-corrected chi connectivity index (χ3v) is 8.26. The van der Waals surface area contributed by atoms with Crippen LogP contribution in [0, 0.1) is 0 Å². The van der Waals surface area contributed by atoms with Gasteiger partial charge >= 0.3 is 0 Å². The van der Waals surface area contributed by atoms with Crippen molar-refractivity contribution in [3.8, 4) is 33.0 Å². The molecule has 2 N–H and O–H groups in total. The van der Waals surface area contributed by atoms with Crippen molar-refractivity contribution < 1.29 is 0 Å². The summed E-state index contributed by atoms with van der Waals surface area (Å²) in [6, 6.07) is 21.3. The zero-order valence-electron chi connectivity index (χ0n) is 19.6. The van der Waals surface area contributed by atoms with Crippen LogP contribution in [0.25, 0.3) is 33.0 Å². The van der Waals surface area contributed by atoms with Gasteiger partial charge in [0.15, 0.2) is 5.01 Å². The molecule has 1 aliphatic rings. The van der Waals surface area contributed by atoms with Crippen molar-refractivity contribution in [2.75, 3.05) is 18.8 Å². The number of nitrogens with two attached hydrogens (primary N) is 1. The molecule has 1 aliphatic heterocycles. The van der Waals surface area contributed by atoms with Gasteiger partial charge in [-0.25, -0.2) is 0 Å². The van der Waals surface area contributed by atoms with E-state index in [9.17, 15) is 0 Å². The second-order valence-corrected chi connectivity index (χ2v) is 10.8. The van der Waals surface area contributed by atoms with E-state index in [2.05, 4.69) is 67.8 Å². The third kappa shape index (κ3) is 4.90. The summed E-state index contributed by atoms with van der Waals surface area (Å²) in [5.41, 5.74) is 14.1. The topological polar surface area (TPSA) is 93.7 Å². The monoisotopic (exact) mass is 511 g/mol. The molecule has 0 spiro atoms. The lowest BCUT2D eigenvalue weighted by molar-refractivity contribution is 0.204. The molecule has 4 heterocycles. The third-order valence-electron chi connectivity index (χ3n) is 6.61. The fourth-order valence-electron chi connectivity index (χ4n) is 4.72. The standard InChI is InChI=1S/C27H25N7S2/c28-27-33-32-26(36-27)22-14-23(19-4-2-1-3-5-19)24(29-15-22)20-8-6-18(7-9-20)16-34-12-10-21(11-13-34)25-31-30-17-35-25/h1-9,14-15,17,21H,10-13,16H2,(H2,28,33). The minimum atomic E-state index is 0.454. The van der Waals surface area contributed by atoms with Crippen LogP contribution in [-0.2, 0) is 6.54 Å². The van der Waals surface area contributed by atoms with E-state index in [0.717, 1.165) is 65.4 Å². The molecule has 1 saturated heterocycles. The molecule has 36 heavy (non-hydrogen) atoms. The zero-order valence-corrected chi connectivity index (χ0v) is 21.3. The van der Waals surface area contributed by atoms with Crippen molar-refractivity contribution in [1.29, 1.82) is 0 Å². The summed E-state index contributed by atoms with van der Waals surface area (Å²) in [6.45, 7) is 3.13. The molecule has 0 aliphatic carbocycles. The number of anilines is 1. The lowest BCUT2D eigenvalue weighted by Crippen LogP contribution is -2.32. The number of hydrogen-bond acceptors (Lipinski definition) is 9. The highest BCUT2D eigenvalue weighted by Crippen LogP contribution is 2.35. The first-order valence-corrected chi connectivity index (χ1v) is 13.6. The van der Waals surface area contributed by atoms with E-state index in [0.29, 0.717) is 11.0 Å². The Kier molecular flexibility index (Phi) is 6.50. The normalized spacial score (nSPS) is 14.8. The van der Waals surface area contributed by atoms with Crippen molar-refractivity contribution in [1.82, 2.24) is 30.3 Å². The summed E-state index contributed by atoms with van der Waals surface area (Å²) < 4.78 is 0. The molecule has 0 unspecified atom stereocenters. The van der Waals surface area contributed by atoms with E-state index in [1.165, 1.54) is 21.9 Å². The van der Waals surface area contributed by atoms with Crippen LogP contribution >= 0.6 is 22.7 Å². The molecule has 9 heteroatoms. The number of nitrogens with zero attached hydrogens (tertiary/aromatic N) is 6. The summed E-state index contributed by atoms with van der Waals surface area (Å²) in [5, 5.41) is 18.8. The molecular formula is C27H25N7S2. The maximum absolute atomic E-state index is 5.81. The smallest absolute Gasteiger partial charge is 0.203 e. The van der Waals surface area contributed by atoms with Crippen LogP contribution in [0.5, 0.6) is 0 Å². The summed E-state index contributed by atoms with van der Waals surface area (Å²) in [7, 11) is 0. The van der Waals surface area contributed by atoms with E-state index in [4.69, 9.17) is 10.7 Å². The van der Waals surface area contributed by atoms with Crippen LogP contribution in [0.4, 0.5) is 5.13 Å². The Balaban J connectivity index is 1.22. The van der Waals surface area contributed by atoms with Crippen molar-refractivity contribution in [2.24, 2.45) is 0 Å². The molecule has 0 amide bonds. The quantitative estimate of drug-likeness (QED) is 0.310. The van der Waals surface area contributed by atoms with E-state index >= 15 is 0 Å². The average molecular weight is 512 g/mol. The fourth-order valence-corrected chi connectivity index (χ4v) is 6.04. The largest absolute Gasteiger partial charge is 0.374 e. The van der Waals surface area contributed by atoms with E-state index in [-0.39, 0.29) is 0 Å². The minimum absolute atomic E-state index is 0.454. The second-order valence-electron chi connectivity index (χ2n) is 8.96. The highest BCUT2D eigenvalue weighted by molar-refractivity contribution is 7.18. The Morgan fingerprint density at radius 2 is 1.69 bits per heavy atom. The van der Waals surface area contributed by atoms with E-state index in [1.54, 1.807) is 11.3 Å². The van der Waals surface area contributed by atoms with Gasteiger partial charge in [0.05, 0.1) is 5.69 Å². The van der Waals surface area contributed by atoms with Gasteiger partial charge in [0.1, 0.15) is 10.5 Å². The van der Waals surface area contributed by atoms with Crippen LogP contribution in [0.15, 0.2) is 72.4 Å². The van der Waals surface area contributed by atoms with Gasteiger partial charge in [-0.15, -0.1) is 31.7 Å². The molecule has 3 aromatic heterocycles. The van der Waals surface area contributed by atoms with Crippen molar-refractivity contribution in [3.05, 3.63) is 82.9 Å². The Hall–Kier alpha value is -3.53. The highest BCUT2D eigenvalue weighted by Gasteiger charge is 2.23. The number of aromatic nitrogens is 5. The van der Waals surface area contributed by atoms with Gasteiger partial charge in [-0.1, -0.05) is 65.9 Å². The molecule has 1 fully saturated rings. The lowest BCUT2D eigenvalue weighted by Gasteiger charge is -2.30. The summed E-state index contributed by atoms with van der Waals surface area (Å²) in [4.78, 5) is 7.40. The number of likely N-dealkylation sites (tertiary alicyclic amines) is 1. The molecule has 2 aromatic carbocycles. The first kappa shape index (κ1) is 22.9. The first-order chi connectivity index (χ1) is 17.7. The van der Waals surface area contributed by atoms with Crippen molar-refractivity contribution in [3.63, 3.8) is 0 Å². The summed E-state index contributed by atoms with van der Waals surface area (Å²) in [5.74, 6) is 0.554. The number of piperidine rings is 1. The van der Waals surface area contributed by atoms with Gasteiger partial charge < -0.3 is 5.73 Å². The maximum atomic E-state index is 5.81. The molecule has 0 bridgehead atoms. The molecular weight excluding hydrogens is 486 g/mol. The van der Waals surface area contributed by atoms with Gasteiger partial charge in [0.2, 0.25) is 5.13 Å². The molecule has 180 valence electrons. The Morgan fingerprint density at radius 3 is 2.39 bits per heavy atom. The predicted molar refractivity (Wildman–Crippen MR) is 146 cm³/mol. The van der Waals surface area contributed by atoms with Crippen LogP contribution in [-0.4, -0.2) is 43.4 Å². The van der Waals surface area contributed by atoms with Gasteiger partial charge in [-0.2, -0.15) is 0 Å². The molecule has 7 nitrogen and oxygen atoms in total. The molecule has 6 rings (SSSR count). The highest BCUT2D eigenvalue weighted by atomic mass is 32.1. The Bertz CT molecular complexity index is 1430.